The van der Waals surface area contributed by atoms with Crippen molar-refractivity contribution in [3.63, 3.8) is 0 Å². The second-order valence-electron chi connectivity index (χ2n) is 5.43. The van der Waals surface area contributed by atoms with Gasteiger partial charge in [-0.25, -0.2) is 9.37 Å². The predicted octanol–water partition coefficient (Wildman–Crippen LogP) is 4.65. The number of para-hydroxylation sites is 1. The van der Waals surface area contributed by atoms with Crippen LogP contribution in [0.25, 0.3) is 11.4 Å². The van der Waals surface area contributed by atoms with Gasteiger partial charge < -0.3 is 14.5 Å². The fourth-order valence-electron chi connectivity index (χ4n) is 2.77. The highest BCUT2D eigenvalue weighted by molar-refractivity contribution is 7.71. The normalized spacial score (nSPS) is 12.1. The van der Waals surface area contributed by atoms with Crippen molar-refractivity contribution in [2.75, 3.05) is 7.11 Å². The lowest BCUT2D eigenvalue weighted by Crippen LogP contribution is -2.08. The van der Waals surface area contributed by atoms with Crippen molar-refractivity contribution in [1.29, 1.82) is 0 Å². The van der Waals surface area contributed by atoms with Gasteiger partial charge in [0, 0.05) is 12.0 Å². The minimum atomic E-state index is -0.297. The van der Waals surface area contributed by atoms with E-state index in [1.54, 1.807) is 13.2 Å². The number of aromatic amines is 1. The van der Waals surface area contributed by atoms with E-state index < -0.39 is 0 Å². The Labute approximate surface area is 142 Å². The minimum Gasteiger partial charge on any atom is -0.496 e. The number of nitrogens with one attached hydrogen (secondary N) is 1. The Hall–Kier alpha value is -2.73. The smallest absolute Gasteiger partial charge is 0.205 e. The van der Waals surface area contributed by atoms with Crippen molar-refractivity contribution in [1.82, 2.24) is 9.97 Å². The summed E-state index contributed by atoms with van der Waals surface area (Å²) >= 11 is 5.42. The number of halogens is 1. The van der Waals surface area contributed by atoms with Gasteiger partial charge >= 0.3 is 0 Å². The minimum absolute atomic E-state index is 0.297. The Morgan fingerprint density at radius 1 is 1.25 bits per heavy atom. The molecule has 1 N–H and O–H groups in total. The molecule has 4 nitrogen and oxygen atoms in total. The van der Waals surface area contributed by atoms with E-state index in [9.17, 15) is 4.39 Å². The van der Waals surface area contributed by atoms with E-state index in [1.165, 1.54) is 12.1 Å². The maximum Gasteiger partial charge on any atom is 0.205 e. The Kier molecular flexibility index (Phi) is 3.54. The van der Waals surface area contributed by atoms with Crippen LogP contribution in [0.1, 0.15) is 11.1 Å². The van der Waals surface area contributed by atoms with Gasteiger partial charge in [-0.1, -0.05) is 24.4 Å². The molecule has 0 radical (unpaired) electrons. The van der Waals surface area contributed by atoms with Gasteiger partial charge in [0.15, 0.2) is 0 Å². The first-order valence-corrected chi connectivity index (χ1v) is 7.79. The molecule has 0 unspecified atom stereocenters. The summed E-state index contributed by atoms with van der Waals surface area (Å²) in [6.45, 7) is 0. The van der Waals surface area contributed by atoms with Gasteiger partial charge in [-0.15, -0.1) is 0 Å². The van der Waals surface area contributed by atoms with Crippen LogP contribution in [-0.2, 0) is 6.42 Å². The van der Waals surface area contributed by atoms with E-state index in [2.05, 4.69) is 9.97 Å². The van der Waals surface area contributed by atoms with Crippen molar-refractivity contribution < 1.29 is 13.9 Å². The first-order chi connectivity index (χ1) is 11.7. The molecule has 120 valence electrons. The molecule has 3 aromatic rings. The highest BCUT2D eigenvalue weighted by Crippen LogP contribution is 2.37. The second-order valence-corrected chi connectivity index (χ2v) is 5.82. The first kappa shape index (κ1) is 14.8. The van der Waals surface area contributed by atoms with Crippen LogP contribution in [-0.4, -0.2) is 17.1 Å². The molecule has 4 rings (SSSR count). The third-order valence-corrected chi connectivity index (χ3v) is 4.28. The summed E-state index contributed by atoms with van der Waals surface area (Å²) in [6, 6.07) is 12.0. The molecule has 24 heavy (non-hydrogen) atoms. The maximum absolute atomic E-state index is 13.4. The topological polar surface area (TPSA) is 47.1 Å². The van der Waals surface area contributed by atoms with Crippen LogP contribution in [0.4, 0.5) is 4.39 Å². The highest BCUT2D eigenvalue weighted by Gasteiger charge is 2.21. The van der Waals surface area contributed by atoms with Crippen molar-refractivity contribution >= 4 is 12.2 Å². The van der Waals surface area contributed by atoms with Gasteiger partial charge in [0.25, 0.3) is 0 Å². The lowest BCUT2D eigenvalue weighted by Gasteiger charge is -2.20. The zero-order chi connectivity index (χ0) is 16.7. The Morgan fingerprint density at radius 3 is 2.92 bits per heavy atom. The van der Waals surface area contributed by atoms with E-state index in [1.807, 2.05) is 24.3 Å². The summed E-state index contributed by atoms with van der Waals surface area (Å²) in [6.07, 6.45) is 0.483. The van der Waals surface area contributed by atoms with E-state index in [-0.39, 0.29) is 5.82 Å². The van der Waals surface area contributed by atoms with Crippen LogP contribution in [0.5, 0.6) is 17.4 Å². The SMILES string of the molecule is COc1ccccc1-c1nc(=S)c2c([nH]1)Oc1ccc(F)cc1C2. The molecule has 0 saturated heterocycles. The Bertz CT molecular complexity index is 1000. The summed E-state index contributed by atoms with van der Waals surface area (Å²) in [5, 5.41) is 0. The summed E-state index contributed by atoms with van der Waals surface area (Å²) in [7, 11) is 1.60. The van der Waals surface area contributed by atoms with Crippen LogP contribution in [0, 0.1) is 10.5 Å². The first-order valence-electron chi connectivity index (χ1n) is 7.38. The summed E-state index contributed by atoms with van der Waals surface area (Å²) in [4.78, 5) is 7.64. The molecular weight excluding hydrogens is 327 g/mol. The van der Waals surface area contributed by atoms with Crippen LogP contribution in [0.3, 0.4) is 0 Å². The summed E-state index contributed by atoms with van der Waals surface area (Å²) < 4.78 is 25.1. The van der Waals surface area contributed by atoms with Crippen LogP contribution in [0.15, 0.2) is 42.5 Å². The largest absolute Gasteiger partial charge is 0.496 e. The fraction of sp³-hybridized carbons (Fsp3) is 0.111. The number of fused-ring (bicyclic) bond motifs is 2. The molecular formula is C18H13FN2O2S. The lowest BCUT2D eigenvalue weighted by molar-refractivity contribution is 0.415. The molecule has 1 aromatic heterocycles. The van der Waals surface area contributed by atoms with E-state index in [0.717, 1.165) is 16.7 Å². The third kappa shape index (κ3) is 2.45. The highest BCUT2D eigenvalue weighted by atomic mass is 32.1. The second kappa shape index (κ2) is 5.72. The Morgan fingerprint density at radius 2 is 2.08 bits per heavy atom. The number of hydrogen-bond donors (Lipinski definition) is 1. The molecule has 2 heterocycles. The van der Waals surface area contributed by atoms with Gasteiger partial charge in [-0.05, 0) is 30.3 Å². The van der Waals surface area contributed by atoms with E-state index >= 15 is 0 Å². The van der Waals surface area contributed by atoms with Crippen LogP contribution < -0.4 is 9.47 Å². The van der Waals surface area contributed by atoms with E-state index in [0.29, 0.717) is 34.3 Å². The predicted molar refractivity (Wildman–Crippen MR) is 90.7 cm³/mol. The average molecular weight is 340 g/mol. The quantitative estimate of drug-likeness (QED) is 0.540. The number of benzene rings is 2. The molecule has 1 aliphatic heterocycles. The number of aromatic nitrogens is 2. The molecule has 0 fully saturated rings. The third-order valence-electron chi connectivity index (χ3n) is 3.94. The van der Waals surface area contributed by atoms with E-state index in [4.69, 9.17) is 21.7 Å². The zero-order valence-electron chi connectivity index (χ0n) is 12.8. The van der Waals surface area contributed by atoms with Gasteiger partial charge in [0.1, 0.15) is 27.8 Å². The van der Waals surface area contributed by atoms with Crippen molar-refractivity contribution in [3.05, 3.63) is 64.0 Å². The monoisotopic (exact) mass is 340 g/mol. The van der Waals surface area contributed by atoms with Crippen LogP contribution in [0.2, 0.25) is 0 Å². The molecule has 0 amide bonds. The van der Waals surface area contributed by atoms with Crippen molar-refractivity contribution in [2.45, 2.75) is 6.42 Å². The number of H-pyrrole nitrogens is 1. The molecule has 0 saturated carbocycles. The maximum atomic E-state index is 13.4. The summed E-state index contributed by atoms with van der Waals surface area (Å²) in [5.41, 5.74) is 2.30. The molecule has 1 aliphatic rings. The molecule has 0 spiro atoms. The summed E-state index contributed by atoms with van der Waals surface area (Å²) in [5.74, 6) is 2.12. The fourth-order valence-corrected chi connectivity index (χ4v) is 3.03. The number of hydrogen-bond acceptors (Lipinski definition) is 4. The van der Waals surface area contributed by atoms with Gasteiger partial charge in [0.05, 0.1) is 18.2 Å². The molecule has 0 aliphatic carbocycles. The Balaban J connectivity index is 1.84. The number of rotatable bonds is 2. The standard InChI is InChI=1S/C18H13FN2O2S/c1-22-15-5-3-2-4-12(15)16-20-17-13(18(24)21-16)9-10-8-11(19)6-7-14(10)23-17/h2-8H,9H2,1H3,(H,20,21,24). The molecule has 0 bridgehead atoms. The number of ether oxygens (including phenoxy) is 2. The van der Waals surface area contributed by atoms with Gasteiger partial charge in [-0.2, -0.15) is 0 Å². The molecule has 6 heteroatoms. The number of methoxy groups -OCH3 is 1. The van der Waals surface area contributed by atoms with Crippen molar-refractivity contribution in [2.24, 2.45) is 0 Å². The molecule has 2 aromatic carbocycles. The average Bonchev–Trinajstić information content (AvgIpc) is 2.60. The van der Waals surface area contributed by atoms with Crippen LogP contribution >= 0.6 is 12.2 Å². The molecule has 0 atom stereocenters. The van der Waals surface area contributed by atoms with Gasteiger partial charge in [0.2, 0.25) is 5.88 Å². The van der Waals surface area contributed by atoms with Crippen molar-refractivity contribution in [3.8, 4) is 28.8 Å². The lowest BCUT2D eigenvalue weighted by atomic mass is 10.0. The van der Waals surface area contributed by atoms with Gasteiger partial charge in [-0.3, -0.25) is 0 Å². The number of nitrogens with zero attached hydrogens (tertiary/aromatic N) is 1. The zero-order valence-corrected chi connectivity index (χ0v) is 13.6.